The minimum atomic E-state index is 0.681. The van der Waals surface area contributed by atoms with Gasteiger partial charge in [-0.3, -0.25) is 4.79 Å². The third-order valence-electron chi connectivity index (χ3n) is 2.97. The van der Waals surface area contributed by atoms with Gasteiger partial charge in [0, 0.05) is 20.8 Å². The highest BCUT2D eigenvalue weighted by atomic mass is 16.4. The fourth-order valence-electron chi connectivity index (χ4n) is 1.49. The highest BCUT2D eigenvalue weighted by Gasteiger charge is 1.78. The summed E-state index contributed by atoms with van der Waals surface area (Å²) in [6.07, 6.45) is 25.0. The van der Waals surface area contributed by atoms with Crippen LogP contribution >= 0.6 is 0 Å². The molecule has 0 spiro atoms. The lowest BCUT2D eigenvalue weighted by atomic mass is 10.2. The Balaban J connectivity index is -0.0000000681. The molecule has 4 nitrogen and oxygen atoms in total. The van der Waals surface area contributed by atoms with Crippen LogP contribution in [-0.4, -0.2) is 40.8 Å². The van der Waals surface area contributed by atoms with Crippen LogP contribution in [0.25, 0.3) is 0 Å². The fourth-order valence-corrected chi connectivity index (χ4v) is 1.49. The van der Waals surface area contributed by atoms with Crippen molar-refractivity contribution in [2.45, 2.75) is 93.9 Å². The van der Waals surface area contributed by atoms with E-state index in [-0.39, 0.29) is 0 Å². The second kappa shape index (κ2) is 70.1. The molecule has 0 atom stereocenters. The molecule has 0 saturated carbocycles. The second-order valence-corrected chi connectivity index (χ2v) is 5.95. The number of allylic oxidation sites excluding steroid dienone is 8. The molecule has 0 heterocycles. The van der Waals surface area contributed by atoms with E-state index in [0.29, 0.717) is 6.41 Å². The number of hydrogen-bond acceptors (Lipinski definition) is 3. The van der Waals surface area contributed by atoms with Crippen LogP contribution in [0.5, 0.6) is 0 Å². The minimum Gasteiger partial charge on any atom is -0.388 e. The number of carbonyl (C=O) groups excluding carboxylic acids is 1. The minimum absolute atomic E-state index is 0.681. The summed E-state index contributed by atoms with van der Waals surface area (Å²) in [5.41, 5.74) is 0. The van der Waals surface area contributed by atoms with Crippen molar-refractivity contribution in [3.8, 4) is 0 Å². The Morgan fingerprint density at radius 2 is 1.19 bits per heavy atom. The van der Waals surface area contributed by atoms with Crippen LogP contribution in [0, 0.1) is 0 Å². The SMILES string of the molecule is C/C=C\C/C=C\C/C=C\C.C/C=C\CC.CC.CCCCCNC.CCNC=O.COC. The second-order valence-electron chi connectivity index (χ2n) is 5.95. The van der Waals surface area contributed by atoms with Crippen molar-refractivity contribution in [2.75, 3.05) is 34.4 Å². The van der Waals surface area contributed by atoms with Crippen molar-refractivity contribution < 1.29 is 9.53 Å². The summed E-state index contributed by atoms with van der Waals surface area (Å²) >= 11 is 0. The van der Waals surface area contributed by atoms with Gasteiger partial charge < -0.3 is 15.4 Å². The van der Waals surface area contributed by atoms with Gasteiger partial charge in [-0.1, -0.05) is 89.1 Å². The number of carbonyl (C=O) groups is 1. The topological polar surface area (TPSA) is 50.4 Å². The average molecular weight is 457 g/mol. The first-order valence-corrected chi connectivity index (χ1v) is 12.3. The predicted octanol–water partition coefficient (Wildman–Crippen LogP) is 7.88. The third kappa shape index (κ3) is 119. The van der Waals surface area contributed by atoms with Crippen molar-refractivity contribution >= 4 is 6.41 Å². The van der Waals surface area contributed by atoms with Gasteiger partial charge in [0.2, 0.25) is 6.41 Å². The van der Waals surface area contributed by atoms with Gasteiger partial charge in [0.05, 0.1) is 0 Å². The first-order valence-electron chi connectivity index (χ1n) is 12.3. The van der Waals surface area contributed by atoms with Gasteiger partial charge in [0.1, 0.15) is 0 Å². The molecule has 0 saturated heterocycles. The van der Waals surface area contributed by atoms with E-state index >= 15 is 0 Å². The van der Waals surface area contributed by atoms with Gasteiger partial charge in [-0.25, -0.2) is 0 Å². The number of hydrogen-bond donors (Lipinski definition) is 2. The maximum absolute atomic E-state index is 9.29. The van der Waals surface area contributed by atoms with Crippen LogP contribution in [0.1, 0.15) is 93.9 Å². The molecule has 4 heteroatoms. The zero-order chi connectivity index (χ0) is 26.1. The van der Waals surface area contributed by atoms with Gasteiger partial charge in [0.15, 0.2) is 0 Å². The molecule has 194 valence electrons. The lowest BCUT2D eigenvalue weighted by Gasteiger charge is -1.93. The maximum Gasteiger partial charge on any atom is 0.207 e. The summed E-state index contributed by atoms with van der Waals surface area (Å²) in [5, 5.41) is 5.53. The van der Waals surface area contributed by atoms with Crippen LogP contribution in [0.15, 0.2) is 48.6 Å². The zero-order valence-electron chi connectivity index (χ0n) is 23.7. The molecule has 0 aromatic rings. The average Bonchev–Trinajstić information content (AvgIpc) is 2.81. The van der Waals surface area contributed by atoms with Gasteiger partial charge in [-0.05, 0) is 67.0 Å². The van der Waals surface area contributed by atoms with Crippen molar-refractivity contribution in [2.24, 2.45) is 0 Å². The highest BCUT2D eigenvalue weighted by molar-refractivity contribution is 5.45. The summed E-state index contributed by atoms with van der Waals surface area (Å²) in [7, 11) is 5.25. The lowest BCUT2D eigenvalue weighted by molar-refractivity contribution is -0.109. The van der Waals surface area contributed by atoms with Crippen LogP contribution in [0.2, 0.25) is 0 Å². The quantitative estimate of drug-likeness (QED) is 0.189. The summed E-state index contributed by atoms with van der Waals surface area (Å²) in [4.78, 5) is 9.29. The van der Waals surface area contributed by atoms with Crippen LogP contribution in [0.4, 0.5) is 0 Å². The zero-order valence-corrected chi connectivity index (χ0v) is 23.7. The molecule has 0 fully saturated rings. The molecule has 0 aliphatic rings. The first-order chi connectivity index (χ1) is 15.6. The molecule has 1 amide bonds. The molecule has 0 rings (SSSR count). The Morgan fingerprint density at radius 3 is 1.38 bits per heavy atom. The van der Waals surface area contributed by atoms with Gasteiger partial charge in [0.25, 0.3) is 0 Å². The van der Waals surface area contributed by atoms with Crippen molar-refractivity contribution in [3.63, 3.8) is 0 Å². The van der Waals surface area contributed by atoms with E-state index in [2.05, 4.69) is 77.8 Å². The summed E-state index contributed by atoms with van der Waals surface area (Å²) < 4.78 is 4.25. The molecule has 0 radical (unpaired) electrons. The maximum atomic E-state index is 9.29. The third-order valence-corrected chi connectivity index (χ3v) is 2.97. The Morgan fingerprint density at radius 1 is 0.750 bits per heavy atom. The van der Waals surface area contributed by atoms with Crippen LogP contribution < -0.4 is 10.6 Å². The van der Waals surface area contributed by atoms with Gasteiger partial charge in [-0.15, -0.1) is 0 Å². The smallest absolute Gasteiger partial charge is 0.207 e. The summed E-state index contributed by atoms with van der Waals surface area (Å²) in [6, 6.07) is 0. The number of amides is 1. The van der Waals surface area contributed by atoms with Gasteiger partial charge >= 0.3 is 0 Å². The molecule has 0 aromatic carbocycles. The normalized spacial score (nSPS) is 9.34. The van der Waals surface area contributed by atoms with Crippen LogP contribution in [-0.2, 0) is 9.53 Å². The Bertz CT molecular complexity index is 329. The van der Waals surface area contributed by atoms with Crippen molar-refractivity contribution in [1.82, 2.24) is 10.6 Å². The Labute approximate surface area is 203 Å². The van der Waals surface area contributed by atoms with Gasteiger partial charge in [-0.2, -0.15) is 0 Å². The largest absolute Gasteiger partial charge is 0.388 e. The summed E-state index contributed by atoms with van der Waals surface area (Å²) in [6.45, 7) is 18.2. The van der Waals surface area contributed by atoms with Crippen LogP contribution in [0.3, 0.4) is 0 Å². The molecule has 0 bridgehead atoms. The molecule has 2 N–H and O–H groups in total. The highest BCUT2D eigenvalue weighted by Crippen LogP contribution is 1.90. The van der Waals surface area contributed by atoms with E-state index in [9.17, 15) is 4.79 Å². The van der Waals surface area contributed by atoms with E-state index in [1.165, 1.54) is 25.8 Å². The van der Waals surface area contributed by atoms with E-state index < -0.39 is 0 Å². The van der Waals surface area contributed by atoms with E-state index in [1.807, 2.05) is 48.6 Å². The first kappa shape index (κ1) is 44.1. The molecule has 0 aliphatic carbocycles. The number of methoxy groups -OCH3 is 1. The molecule has 0 unspecified atom stereocenters. The van der Waals surface area contributed by atoms with Crippen molar-refractivity contribution in [1.29, 1.82) is 0 Å². The molecule has 0 aliphatic heterocycles. The number of ether oxygens (including phenoxy) is 1. The Kier molecular flexibility index (Phi) is 96.5. The summed E-state index contributed by atoms with van der Waals surface area (Å²) in [5.74, 6) is 0. The number of nitrogens with one attached hydrogen (secondary N) is 2. The van der Waals surface area contributed by atoms with E-state index in [1.54, 1.807) is 14.2 Å². The predicted molar refractivity (Wildman–Crippen MR) is 151 cm³/mol. The lowest BCUT2D eigenvalue weighted by Crippen LogP contribution is -2.07. The van der Waals surface area contributed by atoms with E-state index in [4.69, 9.17) is 0 Å². The Hall–Kier alpha value is -1.65. The molecule has 32 heavy (non-hydrogen) atoms. The molecule has 0 aromatic heterocycles. The number of unbranched alkanes of at least 4 members (excludes halogenated alkanes) is 2. The monoisotopic (exact) mass is 456 g/mol. The standard InChI is InChI=1S/C10H16.C6H15N.C5H10.C3H7NO.C2H6O.C2H6/c1-3-5-7-9-10-8-6-4-2;1-3-4-5-6-7-2;1-3-5-4-2;1-2-4-3-5;1-3-2;1-2/h3-6,9-10H,7-8H2,1-2H3;7H,3-6H2,1-2H3;3,5H,4H2,1-2H3;3H,2H2,1H3,(H,4,5);1-2H3;1-2H3/b5-3-,6-4-,10-9-;;5-3-;;;. The fraction of sp³-hybridized carbons (Fsp3) is 0.679. The number of rotatable bonds is 11. The van der Waals surface area contributed by atoms with E-state index in [0.717, 1.165) is 25.8 Å². The van der Waals surface area contributed by atoms with Crippen molar-refractivity contribution in [3.05, 3.63) is 48.6 Å². The molecular weight excluding hydrogens is 396 g/mol. The molecular formula is C28H60N2O2.